The summed E-state index contributed by atoms with van der Waals surface area (Å²) in [5.74, 6) is -0.385. The smallest absolute Gasteiger partial charge is 0.295 e. The number of hydrogen-bond acceptors (Lipinski definition) is 4. The van der Waals surface area contributed by atoms with Gasteiger partial charge >= 0.3 is 0 Å². The molecule has 0 aliphatic carbocycles. The third-order valence-electron chi connectivity index (χ3n) is 2.62. The van der Waals surface area contributed by atoms with Gasteiger partial charge in [-0.2, -0.15) is 4.99 Å². The van der Waals surface area contributed by atoms with Gasteiger partial charge in [0.05, 0.1) is 0 Å². The maximum atomic E-state index is 11.7. The number of phenols is 1. The average molecular weight is 244 g/mol. The summed E-state index contributed by atoms with van der Waals surface area (Å²) >= 11 is 0. The summed E-state index contributed by atoms with van der Waals surface area (Å²) in [6.45, 7) is 1.37. The zero-order valence-corrected chi connectivity index (χ0v) is 10.0. The topological polar surface area (TPSA) is 70.0 Å². The Morgan fingerprint density at radius 1 is 1.33 bits per heavy atom. The van der Waals surface area contributed by atoms with Crippen molar-refractivity contribution in [2.75, 3.05) is 7.05 Å². The van der Waals surface area contributed by atoms with Crippen molar-refractivity contribution in [3.05, 3.63) is 35.5 Å². The average Bonchev–Trinajstić information content (AvgIpc) is 2.60. The molecular weight excluding hydrogens is 232 g/mol. The lowest BCUT2D eigenvalue weighted by molar-refractivity contribution is -0.114. The van der Waals surface area contributed by atoms with Crippen LogP contribution in [0.4, 0.5) is 0 Å². The number of rotatable bonds is 2. The number of carbonyl (C=O) groups is 2. The van der Waals surface area contributed by atoms with E-state index < -0.39 is 5.91 Å². The maximum Gasteiger partial charge on any atom is 0.295 e. The van der Waals surface area contributed by atoms with E-state index in [0.717, 1.165) is 5.56 Å². The molecule has 5 nitrogen and oxygen atoms in total. The van der Waals surface area contributed by atoms with Crippen LogP contribution in [0.3, 0.4) is 0 Å². The maximum absolute atomic E-state index is 11.7. The van der Waals surface area contributed by atoms with E-state index in [1.807, 2.05) is 0 Å². The van der Waals surface area contributed by atoms with E-state index in [9.17, 15) is 14.7 Å². The highest BCUT2D eigenvalue weighted by Gasteiger charge is 2.28. The number of ketones is 1. The van der Waals surface area contributed by atoms with E-state index in [2.05, 4.69) is 4.99 Å². The molecule has 0 atom stereocenters. The summed E-state index contributed by atoms with van der Waals surface area (Å²) in [4.78, 5) is 28.1. The second-order valence-electron chi connectivity index (χ2n) is 3.98. The van der Waals surface area contributed by atoms with Gasteiger partial charge in [0.25, 0.3) is 5.91 Å². The predicted octanol–water partition coefficient (Wildman–Crippen LogP) is 1.19. The zero-order valence-electron chi connectivity index (χ0n) is 10.0. The first kappa shape index (κ1) is 12.0. The van der Waals surface area contributed by atoms with Crippen LogP contribution in [0, 0.1) is 0 Å². The number of amides is 1. The molecule has 0 saturated carbocycles. The molecule has 1 amide bonds. The van der Waals surface area contributed by atoms with Crippen molar-refractivity contribution in [3.63, 3.8) is 0 Å². The molecular formula is C13H12N2O3. The van der Waals surface area contributed by atoms with Crippen molar-refractivity contribution in [2.24, 2.45) is 4.99 Å². The molecule has 5 heteroatoms. The lowest BCUT2D eigenvalue weighted by Crippen LogP contribution is -2.27. The third kappa shape index (κ3) is 2.15. The summed E-state index contributed by atoms with van der Waals surface area (Å²) in [5.41, 5.74) is 1.09. The van der Waals surface area contributed by atoms with Gasteiger partial charge < -0.3 is 10.0 Å². The van der Waals surface area contributed by atoms with Gasteiger partial charge in [0, 0.05) is 14.0 Å². The van der Waals surface area contributed by atoms with E-state index in [1.54, 1.807) is 25.3 Å². The van der Waals surface area contributed by atoms with Gasteiger partial charge in [-0.3, -0.25) is 9.59 Å². The van der Waals surface area contributed by atoms with Crippen LogP contribution in [-0.2, 0) is 9.59 Å². The Morgan fingerprint density at radius 2 is 1.94 bits per heavy atom. The normalized spacial score (nSPS) is 17.2. The molecule has 92 valence electrons. The molecule has 0 saturated heterocycles. The number of aromatic hydroxyl groups is 1. The number of amidine groups is 1. The first-order valence-corrected chi connectivity index (χ1v) is 5.37. The summed E-state index contributed by atoms with van der Waals surface area (Å²) in [5, 5.41) is 9.17. The molecule has 2 rings (SSSR count). The first-order chi connectivity index (χ1) is 8.49. The summed E-state index contributed by atoms with van der Waals surface area (Å²) in [7, 11) is 1.62. The zero-order chi connectivity index (χ0) is 13.3. The van der Waals surface area contributed by atoms with Crippen LogP contribution in [-0.4, -0.2) is 34.6 Å². The van der Waals surface area contributed by atoms with Crippen LogP contribution in [0.25, 0.3) is 6.08 Å². The molecule has 0 fully saturated rings. The molecule has 1 aromatic carbocycles. The Kier molecular flexibility index (Phi) is 2.97. The van der Waals surface area contributed by atoms with Crippen molar-refractivity contribution in [2.45, 2.75) is 6.92 Å². The highest BCUT2D eigenvalue weighted by molar-refractivity contribution is 6.43. The number of carbonyl (C=O) groups excluding carboxylic acids is 2. The van der Waals surface area contributed by atoms with Gasteiger partial charge in [-0.25, -0.2) is 0 Å². The fraction of sp³-hybridized carbons (Fsp3) is 0.154. The molecule has 1 N–H and O–H groups in total. The minimum Gasteiger partial charge on any atom is -0.508 e. The van der Waals surface area contributed by atoms with E-state index in [4.69, 9.17) is 0 Å². The van der Waals surface area contributed by atoms with Crippen molar-refractivity contribution >= 4 is 23.6 Å². The van der Waals surface area contributed by atoms with Crippen molar-refractivity contribution in [1.82, 2.24) is 4.90 Å². The summed E-state index contributed by atoms with van der Waals surface area (Å²) in [6, 6.07) is 6.40. The number of aliphatic imine (C=N–C) groups is 1. The summed E-state index contributed by atoms with van der Waals surface area (Å²) < 4.78 is 0. The second-order valence-corrected chi connectivity index (χ2v) is 3.98. The molecule has 0 bridgehead atoms. The summed E-state index contributed by atoms with van der Waals surface area (Å²) in [6.07, 6.45) is 1.63. The first-order valence-electron chi connectivity index (χ1n) is 5.37. The van der Waals surface area contributed by atoms with E-state index in [1.165, 1.54) is 24.0 Å². The van der Waals surface area contributed by atoms with Gasteiger partial charge in [0.2, 0.25) is 0 Å². The van der Waals surface area contributed by atoms with Gasteiger partial charge in [-0.15, -0.1) is 0 Å². The van der Waals surface area contributed by atoms with E-state index >= 15 is 0 Å². The minimum absolute atomic E-state index is 0.144. The predicted molar refractivity (Wildman–Crippen MR) is 67.0 cm³/mol. The van der Waals surface area contributed by atoms with Crippen molar-refractivity contribution in [1.29, 1.82) is 0 Å². The van der Waals surface area contributed by atoms with Gasteiger partial charge in [0.15, 0.2) is 11.6 Å². The fourth-order valence-corrected chi connectivity index (χ4v) is 1.69. The molecule has 0 radical (unpaired) electrons. The number of Topliss-reactive ketones (excluding diaryl/α,β-unsaturated/α-hetero) is 1. The third-order valence-corrected chi connectivity index (χ3v) is 2.62. The highest BCUT2D eigenvalue weighted by atomic mass is 16.3. The number of likely N-dealkylation sites (N-methyl/N-ethyl adjacent to an activating group) is 1. The lowest BCUT2D eigenvalue weighted by atomic mass is 10.2. The molecule has 1 aromatic rings. The van der Waals surface area contributed by atoms with Crippen molar-refractivity contribution < 1.29 is 14.7 Å². The Bertz CT molecular complexity index is 570. The highest BCUT2D eigenvalue weighted by Crippen LogP contribution is 2.19. The molecule has 1 aliphatic heterocycles. The Balaban J connectivity index is 2.33. The van der Waals surface area contributed by atoms with E-state index in [0.29, 0.717) is 5.70 Å². The van der Waals surface area contributed by atoms with E-state index in [-0.39, 0.29) is 17.4 Å². The van der Waals surface area contributed by atoms with Gasteiger partial charge in [-0.1, -0.05) is 12.1 Å². The van der Waals surface area contributed by atoms with Gasteiger partial charge in [0.1, 0.15) is 11.4 Å². The number of benzene rings is 1. The molecule has 1 aliphatic rings. The Morgan fingerprint density at radius 3 is 2.44 bits per heavy atom. The monoisotopic (exact) mass is 244 g/mol. The van der Waals surface area contributed by atoms with Crippen LogP contribution in [0.2, 0.25) is 0 Å². The SMILES string of the molecule is CC(=O)C1=NC(=O)C(=Cc2ccc(O)cc2)N1C. The van der Waals surface area contributed by atoms with Crippen LogP contribution in [0.1, 0.15) is 12.5 Å². The lowest BCUT2D eigenvalue weighted by Gasteiger charge is -2.12. The van der Waals surface area contributed by atoms with Crippen LogP contribution in [0.5, 0.6) is 5.75 Å². The number of phenolic OH excluding ortho intramolecular Hbond substituents is 1. The Labute approximate surface area is 104 Å². The fourth-order valence-electron chi connectivity index (χ4n) is 1.69. The number of hydrogen-bond donors (Lipinski definition) is 1. The molecule has 0 unspecified atom stereocenters. The molecule has 0 spiro atoms. The Hall–Kier alpha value is -2.43. The van der Waals surface area contributed by atoms with Crippen molar-refractivity contribution in [3.8, 4) is 5.75 Å². The largest absolute Gasteiger partial charge is 0.508 e. The van der Waals surface area contributed by atoms with Crippen LogP contribution < -0.4 is 0 Å². The standard InChI is InChI=1S/C13H12N2O3/c1-8(16)12-14-13(18)11(15(12)2)7-9-3-5-10(17)6-4-9/h3-7,17H,1-2H3. The van der Waals surface area contributed by atoms with Crippen LogP contribution >= 0.6 is 0 Å². The molecule has 0 aromatic heterocycles. The van der Waals surface area contributed by atoms with Crippen LogP contribution in [0.15, 0.2) is 35.0 Å². The molecule has 18 heavy (non-hydrogen) atoms. The second kappa shape index (κ2) is 4.44. The quantitative estimate of drug-likeness (QED) is 0.793. The minimum atomic E-state index is -0.434. The number of nitrogens with zero attached hydrogens (tertiary/aromatic N) is 2. The molecule has 1 heterocycles. The van der Waals surface area contributed by atoms with Gasteiger partial charge in [-0.05, 0) is 23.8 Å².